The third-order valence-electron chi connectivity index (χ3n) is 6.60. The second-order valence-electron chi connectivity index (χ2n) is 9.34. The van der Waals surface area contributed by atoms with Crippen molar-refractivity contribution in [1.29, 1.82) is 0 Å². The molecule has 0 unspecified atom stereocenters. The van der Waals surface area contributed by atoms with Crippen LogP contribution in [-0.2, 0) is 20.5 Å². The lowest BCUT2D eigenvalue weighted by Gasteiger charge is -2.13. The number of carbonyl (C=O) groups excluding carboxylic acids is 1. The molecule has 3 heterocycles. The van der Waals surface area contributed by atoms with E-state index in [0.717, 1.165) is 22.8 Å². The van der Waals surface area contributed by atoms with E-state index in [9.17, 15) is 9.59 Å². The highest BCUT2D eigenvalue weighted by atomic mass is 16.1. The van der Waals surface area contributed by atoms with Gasteiger partial charge in [-0.3, -0.25) is 23.5 Å². The molecular formula is C31H33N9O2. The van der Waals surface area contributed by atoms with Crippen LogP contribution < -0.4 is 22.3 Å². The monoisotopic (exact) mass is 563 g/mol. The molecule has 0 bridgehead atoms. The normalized spacial score (nSPS) is 10.4. The number of aromatic nitrogens is 6. The molecule has 11 nitrogen and oxygen atoms in total. The average Bonchev–Trinajstić information content (AvgIpc) is 3.46. The van der Waals surface area contributed by atoms with Crippen molar-refractivity contribution in [2.24, 2.45) is 19.8 Å². The molecule has 0 aliphatic rings. The van der Waals surface area contributed by atoms with E-state index in [1.54, 1.807) is 28.6 Å². The Morgan fingerprint density at radius 1 is 1.07 bits per heavy atom. The van der Waals surface area contributed by atoms with Gasteiger partial charge in [0.2, 0.25) is 0 Å². The Morgan fingerprint density at radius 2 is 1.79 bits per heavy atom. The number of nitrogens with zero attached hydrogens (tertiary/aromatic N) is 6. The number of nitrogens with one attached hydrogen (secondary N) is 1. The second-order valence-corrected chi connectivity index (χ2v) is 9.34. The minimum Gasteiger partial charge on any atom is -0.381 e. The molecular weight excluding hydrogens is 530 g/mol. The first-order chi connectivity index (χ1) is 20.2. The highest BCUT2D eigenvalue weighted by Gasteiger charge is 2.18. The number of para-hydroxylation sites is 1. The molecule has 0 saturated heterocycles. The molecule has 5 rings (SSSR count). The van der Waals surface area contributed by atoms with E-state index in [-0.39, 0.29) is 16.9 Å². The molecule has 0 atom stereocenters. The number of hydrogen-bond acceptors (Lipinski definition) is 7. The Labute approximate surface area is 243 Å². The van der Waals surface area contributed by atoms with Gasteiger partial charge in [0.25, 0.3) is 11.5 Å². The van der Waals surface area contributed by atoms with E-state index in [2.05, 4.69) is 33.9 Å². The summed E-state index contributed by atoms with van der Waals surface area (Å²) in [5.41, 5.74) is 14.8. The maximum Gasteiger partial charge on any atom is 0.267 e. The van der Waals surface area contributed by atoms with Crippen molar-refractivity contribution in [3.8, 4) is 17.5 Å². The zero-order valence-electron chi connectivity index (χ0n) is 24.0. The largest absolute Gasteiger partial charge is 0.381 e. The maximum atomic E-state index is 13.5. The van der Waals surface area contributed by atoms with Crippen molar-refractivity contribution < 1.29 is 4.79 Å². The van der Waals surface area contributed by atoms with Crippen molar-refractivity contribution in [1.82, 2.24) is 29.1 Å². The molecule has 0 saturated carbocycles. The molecule has 5 aromatic rings. The third-order valence-corrected chi connectivity index (χ3v) is 6.60. The van der Waals surface area contributed by atoms with Gasteiger partial charge in [0.05, 0.1) is 34.0 Å². The van der Waals surface area contributed by atoms with E-state index in [0.29, 0.717) is 35.2 Å². The van der Waals surface area contributed by atoms with Crippen molar-refractivity contribution in [2.75, 3.05) is 17.6 Å². The maximum absolute atomic E-state index is 13.5. The molecule has 5 N–H and O–H groups in total. The fourth-order valence-corrected chi connectivity index (χ4v) is 4.38. The second kappa shape index (κ2) is 12.7. The molecule has 214 valence electrons. The predicted molar refractivity (Wildman–Crippen MR) is 165 cm³/mol. The molecule has 0 aliphatic heterocycles. The molecule has 3 aromatic heterocycles. The van der Waals surface area contributed by atoms with Gasteiger partial charge in [-0.2, -0.15) is 10.2 Å². The quantitative estimate of drug-likeness (QED) is 0.212. The number of carbonyl (C=O) groups is 1. The minimum atomic E-state index is -0.595. The summed E-state index contributed by atoms with van der Waals surface area (Å²) < 4.78 is 4.94. The van der Waals surface area contributed by atoms with Crippen LogP contribution >= 0.6 is 0 Å². The fourth-order valence-electron chi connectivity index (χ4n) is 4.38. The number of primary amides is 1. The average molecular weight is 564 g/mol. The molecule has 0 fully saturated rings. The van der Waals surface area contributed by atoms with Crippen LogP contribution in [0.2, 0.25) is 0 Å². The van der Waals surface area contributed by atoms with Crippen molar-refractivity contribution in [3.63, 3.8) is 0 Å². The number of hydrogen-bond donors (Lipinski definition) is 3. The van der Waals surface area contributed by atoms with Crippen molar-refractivity contribution in [3.05, 3.63) is 106 Å². The van der Waals surface area contributed by atoms with Gasteiger partial charge in [-0.05, 0) is 31.2 Å². The van der Waals surface area contributed by atoms with Gasteiger partial charge < -0.3 is 16.8 Å². The molecule has 11 heteroatoms. The molecule has 0 radical (unpaired) electrons. The SMILES string of the molecule is C=CCNc1c(C(N)=O)c(N)nn1C.CCc1nc2cccc(C#Cc3cnn(C)c3C)c2c(=O)n1-c1ccccc1. The van der Waals surface area contributed by atoms with E-state index in [1.165, 1.54) is 4.68 Å². The van der Waals surface area contributed by atoms with Crippen LogP contribution in [0, 0.1) is 18.8 Å². The molecule has 0 aliphatic carbocycles. The highest BCUT2D eigenvalue weighted by molar-refractivity contribution is 6.02. The first-order valence-corrected chi connectivity index (χ1v) is 13.3. The van der Waals surface area contributed by atoms with Crippen LogP contribution in [0.15, 0.2) is 72.2 Å². The summed E-state index contributed by atoms with van der Waals surface area (Å²) in [4.78, 5) is 29.2. The fraction of sp³-hybridized carbons (Fsp3) is 0.194. The first kappa shape index (κ1) is 29.4. The lowest BCUT2D eigenvalue weighted by atomic mass is 10.1. The number of nitrogens with two attached hydrogens (primary N) is 2. The number of rotatable bonds is 6. The summed E-state index contributed by atoms with van der Waals surface area (Å²) in [6, 6.07) is 15.2. The van der Waals surface area contributed by atoms with Crippen LogP contribution in [0.25, 0.3) is 16.6 Å². The number of nitrogen functional groups attached to an aromatic ring is 1. The zero-order chi connectivity index (χ0) is 30.4. The van der Waals surface area contributed by atoms with Gasteiger partial charge in [-0.1, -0.05) is 49.1 Å². The number of benzene rings is 2. The van der Waals surface area contributed by atoms with Gasteiger partial charge >= 0.3 is 0 Å². The molecule has 42 heavy (non-hydrogen) atoms. The van der Waals surface area contributed by atoms with Gasteiger partial charge in [0.1, 0.15) is 17.2 Å². The van der Waals surface area contributed by atoms with Crippen LogP contribution in [0.5, 0.6) is 0 Å². The Hall–Kier alpha value is -5.63. The lowest BCUT2D eigenvalue weighted by molar-refractivity contribution is 0.100. The van der Waals surface area contributed by atoms with Gasteiger partial charge in [-0.15, -0.1) is 6.58 Å². The topological polar surface area (TPSA) is 152 Å². The Bertz CT molecular complexity index is 1890. The summed E-state index contributed by atoms with van der Waals surface area (Å²) in [6.45, 7) is 8.03. The summed E-state index contributed by atoms with van der Waals surface area (Å²) in [7, 11) is 3.56. The number of aryl methyl sites for hydroxylation is 3. The zero-order valence-corrected chi connectivity index (χ0v) is 24.0. The van der Waals surface area contributed by atoms with E-state index in [4.69, 9.17) is 16.5 Å². The minimum absolute atomic E-state index is 0.0964. The number of fused-ring (bicyclic) bond motifs is 1. The summed E-state index contributed by atoms with van der Waals surface area (Å²) >= 11 is 0. The van der Waals surface area contributed by atoms with Gasteiger partial charge in [-0.25, -0.2) is 4.98 Å². The highest BCUT2D eigenvalue weighted by Crippen LogP contribution is 2.20. The smallest absolute Gasteiger partial charge is 0.267 e. The van der Waals surface area contributed by atoms with E-state index in [1.807, 2.05) is 69.4 Å². The van der Waals surface area contributed by atoms with Crippen LogP contribution in [0.4, 0.5) is 11.6 Å². The molecule has 2 aromatic carbocycles. The van der Waals surface area contributed by atoms with E-state index < -0.39 is 5.91 Å². The summed E-state index contributed by atoms with van der Waals surface area (Å²) in [5, 5.41) is 11.6. The number of amides is 1. The van der Waals surface area contributed by atoms with Crippen LogP contribution in [0.1, 0.15) is 39.9 Å². The molecule has 0 spiro atoms. The van der Waals surface area contributed by atoms with Crippen molar-refractivity contribution in [2.45, 2.75) is 20.3 Å². The van der Waals surface area contributed by atoms with Crippen LogP contribution in [-0.4, -0.2) is 41.6 Å². The Morgan fingerprint density at radius 3 is 2.40 bits per heavy atom. The van der Waals surface area contributed by atoms with Gasteiger partial charge in [0, 0.05) is 32.6 Å². The first-order valence-electron chi connectivity index (χ1n) is 13.3. The lowest BCUT2D eigenvalue weighted by Crippen LogP contribution is -2.24. The summed E-state index contributed by atoms with van der Waals surface area (Å²) in [5.74, 6) is 7.08. The van der Waals surface area contributed by atoms with Crippen LogP contribution in [0.3, 0.4) is 0 Å². The summed E-state index contributed by atoms with van der Waals surface area (Å²) in [6.07, 6.45) is 4.06. The third kappa shape index (κ3) is 5.93. The van der Waals surface area contributed by atoms with Gasteiger partial charge in [0.15, 0.2) is 5.82 Å². The molecule has 1 amide bonds. The predicted octanol–water partition coefficient (Wildman–Crippen LogP) is 3.09. The van der Waals surface area contributed by atoms with Crippen molar-refractivity contribution >= 4 is 28.4 Å². The standard InChI is InChI=1S/C23H20N4O.C8H13N5O/c1-4-21-25-20-12-8-9-17(13-14-18-15-24-26(3)16(18)2)22(20)23(28)27(21)19-10-6-5-7-11-19;1-3-4-11-8-5(7(10)14)6(9)12-13(8)2/h5-12,15H,4H2,1-3H3;3,11H,1,4H2,2H3,(H2,9,12)(H2,10,14). The van der Waals surface area contributed by atoms with E-state index >= 15 is 0 Å². The Balaban J connectivity index is 0.000000244. The number of anilines is 2. The Kier molecular flexibility index (Phi) is 8.87.